The van der Waals surface area contributed by atoms with E-state index in [4.69, 9.17) is 0 Å². The molecule has 0 saturated heterocycles. The molecule has 1 unspecified atom stereocenters. The molecular weight excluding hydrogens is 426 g/mol. The highest BCUT2D eigenvalue weighted by Gasteiger charge is 2.23. The monoisotopic (exact) mass is 449 g/mol. The molecule has 0 aliphatic heterocycles. The van der Waals surface area contributed by atoms with Crippen molar-refractivity contribution >= 4 is 44.1 Å². The molecule has 8 nitrogen and oxygen atoms in total. The van der Waals surface area contributed by atoms with Crippen molar-refractivity contribution < 1.29 is 9.90 Å². The standard InChI is InChI=1S/C23H23N5O3S/c1-3-28-16-7-5-4-6-14(16)20(23(28)31)26-25-18(29)11-27-12-24-21-19(22(27)30)15-9-8-13(2)10-17(15)32-21/h4-7,12-13,31H,3,8-11H2,1-2H3. The van der Waals surface area contributed by atoms with Crippen molar-refractivity contribution in [2.24, 2.45) is 16.1 Å². The molecule has 0 spiro atoms. The van der Waals surface area contributed by atoms with Crippen molar-refractivity contribution in [3.8, 4) is 5.88 Å². The Morgan fingerprint density at radius 3 is 2.97 bits per heavy atom. The van der Waals surface area contributed by atoms with Crippen molar-refractivity contribution in [1.82, 2.24) is 14.1 Å². The van der Waals surface area contributed by atoms with E-state index >= 15 is 0 Å². The quantitative estimate of drug-likeness (QED) is 0.461. The summed E-state index contributed by atoms with van der Waals surface area (Å²) >= 11 is 1.58. The van der Waals surface area contributed by atoms with Crippen LogP contribution in [0.2, 0.25) is 0 Å². The lowest BCUT2D eigenvalue weighted by molar-refractivity contribution is -0.118. The number of aryl methyl sites for hydroxylation is 2. The van der Waals surface area contributed by atoms with E-state index in [2.05, 4.69) is 22.1 Å². The van der Waals surface area contributed by atoms with Gasteiger partial charge >= 0.3 is 0 Å². The minimum Gasteiger partial charge on any atom is -0.493 e. The summed E-state index contributed by atoms with van der Waals surface area (Å²) in [5.41, 5.74) is 1.94. The van der Waals surface area contributed by atoms with Gasteiger partial charge in [-0.3, -0.25) is 14.2 Å². The molecule has 0 radical (unpaired) electrons. The molecule has 1 aromatic carbocycles. The molecule has 1 N–H and O–H groups in total. The third kappa shape index (κ3) is 3.33. The van der Waals surface area contributed by atoms with Gasteiger partial charge in [-0.05, 0) is 43.7 Å². The number of azo groups is 1. The van der Waals surface area contributed by atoms with Gasteiger partial charge in [0.25, 0.3) is 11.5 Å². The molecule has 0 fully saturated rings. The lowest BCUT2D eigenvalue weighted by atomic mass is 9.89. The van der Waals surface area contributed by atoms with Crippen LogP contribution in [0.1, 0.15) is 30.7 Å². The fraction of sp³-hybridized carbons (Fsp3) is 0.348. The van der Waals surface area contributed by atoms with Gasteiger partial charge in [-0.15, -0.1) is 21.6 Å². The zero-order valence-corrected chi connectivity index (χ0v) is 18.7. The topological polar surface area (TPSA) is 102 Å². The van der Waals surface area contributed by atoms with Gasteiger partial charge < -0.3 is 9.67 Å². The van der Waals surface area contributed by atoms with Gasteiger partial charge in [0.15, 0.2) is 5.69 Å². The largest absolute Gasteiger partial charge is 0.493 e. The number of carbonyl (C=O) groups excluding carboxylic acids is 1. The van der Waals surface area contributed by atoms with E-state index in [9.17, 15) is 14.7 Å². The molecule has 3 heterocycles. The predicted molar refractivity (Wildman–Crippen MR) is 124 cm³/mol. The third-order valence-corrected chi connectivity index (χ3v) is 7.25. The van der Waals surface area contributed by atoms with E-state index < -0.39 is 5.91 Å². The first-order chi connectivity index (χ1) is 15.5. The molecular formula is C23H23N5O3S. The fourth-order valence-electron chi connectivity index (χ4n) is 4.45. The van der Waals surface area contributed by atoms with Crippen LogP contribution in [0.3, 0.4) is 0 Å². The van der Waals surface area contributed by atoms with Gasteiger partial charge in [0, 0.05) is 16.8 Å². The molecule has 3 aromatic heterocycles. The van der Waals surface area contributed by atoms with Crippen molar-refractivity contribution in [2.45, 2.75) is 46.2 Å². The molecule has 164 valence electrons. The molecule has 1 aliphatic carbocycles. The maximum absolute atomic E-state index is 13.1. The zero-order valence-electron chi connectivity index (χ0n) is 17.9. The van der Waals surface area contributed by atoms with Crippen molar-refractivity contribution in [3.63, 3.8) is 0 Å². The highest BCUT2D eigenvalue weighted by atomic mass is 32.1. The number of thiophene rings is 1. The lowest BCUT2D eigenvalue weighted by Crippen LogP contribution is -2.24. The fourth-order valence-corrected chi connectivity index (χ4v) is 5.79. The first-order valence-electron chi connectivity index (χ1n) is 10.7. The Balaban J connectivity index is 1.45. The number of hydrogen-bond acceptors (Lipinski definition) is 6. The summed E-state index contributed by atoms with van der Waals surface area (Å²) in [5, 5.41) is 19.7. The maximum atomic E-state index is 13.1. The van der Waals surface area contributed by atoms with E-state index in [1.165, 1.54) is 15.8 Å². The summed E-state index contributed by atoms with van der Waals surface area (Å²) in [5.74, 6) is -0.0156. The number of aromatic nitrogens is 3. The summed E-state index contributed by atoms with van der Waals surface area (Å²) in [6, 6.07) is 7.41. The van der Waals surface area contributed by atoms with Crippen LogP contribution in [-0.2, 0) is 30.7 Å². The molecule has 1 atom stereocenters. The molecule has 1 amide bonds. The van der Waals surface area contributed by atoms with E-state index in [1.807, 2.05) is 31.2 Å². The molecule has 0 bridgehead atoms. The van der Waals surface area contributed by atoms with Gasteiger partial charge in [0.05, 0.1) is 17.2 Å². The number of amides is 1. The number of carbonyl (C=O) groups is 1. The molecule has 4 aromatic rings. The average Bonchev–Trinajstić information content (AvgIpc) is 3.28. The number of nitrogens with zero attached hydrogens (tertiary/aromatic N) is 5. The van der Waals surface area contributed by atoms with Gasteiger partial charge in [-0.1, -0.05) is 25.1 Å². The number of para-hydroxylation sites is 1. The molecule has 9 heteroatoms. The van der Waals surface area contributed by atoms with Crippen LogP contribution in [0, 0.1) is 5.92 Å². The van der Waals surface area contributed by atoms with Crippen molar-refractivity contribution in [1.29, 1.82) is 0 Å². The highest BCUT2D eigenvalue weighted by Crippen LogP contribution is 2.39. The second-order valence-electron chi connectivity index (χ2n) is 8.24. The Bertz CT molecular complexity index is 1450. The van der Waals surface area contributed by atoms with Crippen LogP contribution in [0.5, 0.6) is 5.88 Å². The van der Waals surface area contributed by atoms with Gasteiger partial charge in [0.2, 0.25) is 5.88 Å². The van der Waals surface area contributed by atoms with E-state index in [0.29, 0.717) is 23.2 Å². The average molecular weight is 450 g/mol. The predicted octanol–water partition coefficient (Wildman–Crippen LogP) is 4.57. The van der Waals surface area contributed by atoms with E-state index in [-0.39, 0.29) is 23.7 Å². The second-order valence-corrected chi connectivity index (χ2v) is 9.32. The van der Waals surface area contributed by atoms with Crippen LogP contribution in [0.25, 0.3) is 21.1 Å². The first-order valence-corrected chi connectivity index (χ1v) is 11.5. The number of hydrogen-bond donors (Lipinski definition) is 1. The maximum Gasteiger partial charge on any atom is 0.284 e. The normalized spacial score (nSPS) is 16.2. The van der Waals surface area contributed by atoms with Gasteiger partial charge in [0.1, 0.15) is 11.4 Å². The zero-order chi connectivity index (χ0) is 22.4. The second kappa shape index (κ2) is 7.98. The molecule has 32 heavy (non-hydrogen) atoms. The number of benzene rings is 1. The summed E-state index contributed by atoms with van der Waals surface area (Å²) in [7, 11) is 0. The van der Waals surface area contributed by atoms with Crippen LogP contribution in [0.4, 0.5) is 5.69 Å². The van der Waals surface area contributed by atoms with Crippen LogP contribution < -0.4 is 5.56 Å². The van der Waals surface area contributed by atoms with Gasteiger partial charge in [-0.25, -0.2) is 4.98 Å². The van der Waals surface area contributed by atoms with Crippen molar-refractivity contribution in [2.75, 3.05) is 0 Å². The first kappa shape index (κ1) is 20.6. The van der Waals surface area contributed by atoms with Crippen molar-refractivity contribution in [3.05, 3.63) is 51.4 Å². The molecule has 1 aliphatic rings. The Morgan fingerprint density at radius 1 is 1.34 bits per heavy atom. The summed E-state index contributed by atoms with van der Waals surface area (Å²) < 4.78 is 3.00. The van der Waals surface area contributed by atoms with Crippen LogP contribution in [0.15, 0.2) is 45.6 Å². The Labute approximate surface area is 187 Å². The third-order valence-electron chi connectivity index (χ3n) is 6.08. The van der Waals surface area contributed by atoms with Crippen LogP contribution >= 0.6 is 11.3 Å². The SMILES string of the molecule is CCn1c(O)c(N=NC(=O)Cn2cnc3sc4c(c3c2=O)CCC(C)C4)c2ccccc21. The molecule has 0 saturated carbocycles. The van der Waals surface area contributed by atoms with Crippen LogP contribution in [-0.4, -0.2) is 25.1 Å². The Hall–Kier alpha value is -3.33. The number of rotatable bonds is 4. The lowest BCUT2D eigenvalue weighted by Gasteiger charge is -2.17. The summed E-state index contributed by atoms with van der Waals surface area (Å²) in [6.45, 7) is 4.44. The summed E-state index contributed by atoms with van der Waals surface area (Å²) in [6.07, 6.45) is 4.29. The minimum absolute atomic E-state index is 0.0374. The molecule has 5 rings (SSSR count). The Kier molecular flexibility index (Phi) is 5.13. The summed E-state index contributed by atoms with van der Waals surface area (Å²) in [4.78, 5) is 32.0. The smallest absolute Gasteiger partial charge is 0.284 e. The minimum atomic E-state index is -0.585. The Morgan fingerprint density at radius 2 is 2.16 bits per heavy atom. The highest BCUT2D eigenvalue weighted by molar-refractivity contribution is 7.18. The number of fused-ring (bicyclic) bond motifs is 4. The van der Waals surface area contributed by atoms with E-state index in [0.717, 1.165) is 35.2 Å². The van der Waals surface area contributed by atoms with E-state index in [1.54, 1.807) is 15.9 Å². The number of aromatic hydroxyl groups is 1. The van der Waals surface area contributed by atoms with Gasteiger partial charge in [-0.2, -0.15) is 0 Å².